The van der Waals surface area contributed by atoms with E-state index >= 15 is 0 Å². The van der Waals surface area contributed by atoms with Crippen molar-refractivity contribution in [2.24, 2.45) is 14.1 Å². The van der Waals surface area contributed by atoms with E-state index in [0.29, 0.717) is 0 Å². The third-order valence-electron chi connectivity index (χ3n) is 3.67. The molecule has 1 aromatic heterocycles. The van der Waals surface area contributed by atoms with E-state index in [9.17, 15) is 23.2 Å². The van der Waals surface area contributed by atoms with Gasteiger partial charge in [-0.1, -0.05) is 6.07 Å². The predicted molar refractivity (Wildman–Crippen MR) is 88.8 cm³/mol. The summed E-state index contributed by atoms with van der Waals surface area (Å²) in [5.41, 5.74) is -2.35. The molecule has 2 aromatic rings. The summed E-state index contributed by atoms with van der Waals surface area (Å²) in [6, 6.07) is 4.79. The second-order valence-corrected chi connectivity index (χ2v) is 5.32. The number of anilines is 1. The van der Waals surface area contributed by atoms with Crippen LogP contribution in [-0.4, -0.2) is 28.1 Å². The van der Waals surface area contributed by atoms with Crippen molar-refractivity contribution in [3.05, 3.63) is 61.8 Å². The fraction of sp³-hybridized carbons (Fsp3) is 0.250. The fourth-order valence-electron chi connectivity index (χ4n) is 2.31. The lowest BCUT2D eigenvalue weighted by atomic mass is 10.2. The Bertz CT molecular complexity index is 1000. The van der Waals surface area contributed by atoms with Gasteiger partial charge in [0, 0.05) is 27.2 Å². The van der Waals surface area contributed by atoms with Gasteiger partial charge in [-0.15, -0.1) is 0 Å². The van der Waals surface area contributed by atoms with Crippen molar-refractivity contribution in [2.45, 2.75) is 0 Å². The van der Waals surface area contributed by atoms with Gasteiger partial charge in [0.25, 0.3) is 11.5 Å². The van der Waals surface area contributed by atoms with Crippen LogP contribution in [0.25, 0.3) is 0 Å². The summed E-state index contributed by atoms with van der Waals surface area (Å²) in [4.78, 5) is 35.7. The van der Waals surface area contributed by atoms with E-state index in [4.69, 9.17) is 5.26 Å². The lowest BCUT2D eigenvalue weighted by molar-refractivity contribution is 0.0946. The zero-order valence-corrected chi connectivity index (χ0v) is 14.0. The molecule has 2 N–H and O–H groups in total. The Morgan fingerprint density at radius 2 is 1.77 bits per heavy atom. The molecule has 0 fully saturated rings. The first kappa shape index (κ1) is 18.9. The number of benzene rings is 1. The molecule has 1 amide bonds. The number of amides is 1. The van der Waals surface area contributed by atoms with Gasteiger partial charge in [-0.3, -0.25) is 18.7 Å². The predicted octanol–water partition coefficient (Wildman–Crippen LogP) is 0.0758. The summed E-state index contributed by atoms with van der Waals surface area (Å²) in [7, 11) is 2.62. The number of aromatic nitrogens is 2. The maximum atomic E-state index is 13.5. The summed E-state index contributed by atoms with van der Waals surface area (Å²) in [5.74, 6) is -2.93. The summed E-state index contributed by atoms with van der Waals surface area (Å²) in [6.45, 7) is -0.0577. The van der Waals surface area contributed by atoms with Crippen LogP contribution in [0.4, 0.5) is 14.6 Å². The van der Waals surface area contributed by atoms with Crippen molar-refractivity contribution in [2.75, 3.05) is 18.4 Å². The van der Waals surface area contributed by atoms with Crippen LogP contribution >= 0.6 is 0 Å². The van der Waals surface area contributed by atoms with Crippen LogP contribution in [-0.2, 0) is 14.1 Å². The number of carbonyl (C=O) groups is 1. The lowest BCUT2D eigenvalue weighted by Gasteiger charge is -2.14. The first-order chi connectivity index (χ1) is 12.3. The van der Waals surface area contributed by atoms with E-state index in [-0.39, 0.29) is 24.5 Å². The molecule has 0 aliphatic carbocycles. The Morgan fingerprint density at radius 1 is 1.15 bits per heavy atom. The number of halogens is 2. The number of nitriles is 1. The van der Waals surface area contributed by atoms with Crippen molar-refractivity contribution < 1.29 is 13.6 Å². The molecular weight excluding hydrogens is 348 g/mol. The van der Waals surface area contributed by atoms with E-state index in [0.717, 1.165) is 27.3 Å². The number of hydrogen-bond acceptors (Lipinski definition) is 5. The van der Waals surface area contributed by atoms with Gasteiger partial charge in [-0.05, 0) is 12.1 Å². The average molecular weight is 363 g/mol. The highest BCUT2D eigenvalue weighted by Gasteiger charge is 2.17. The van der Waals surface area contributed by atoms with Gasteiger partial charge in [0.2, 0.25) is 0 Å². The normalized spacial score (nSPS) is 10.3. The number of rotatable bonds is 5. The Balaban J connectivity index is 2.10. The van der Waals surface area contributed by atoms with Crippen LogP contribution < -0.4 is 21.9 Å². The molecule has 0 atom stereocenters. The van der Waals surface area contributed by atoms with Gasteiger partial charge in [-0.2, -0.15) is 5.26 Å². The lowest BCUT2D eigenvalue weighted by Crippen LogP contribution is -2.40. The summed E-state index contributed by atoms with van der Waals surface area (Å²) in [5, 5.41) is 14.1. The minimum atomic E-state index is -0.990. The van der Waals surface area contributed by atoms with Crippen LogP contribution in [0.1, 0.15) is 15.9 Å². The van der Waals surface area contributed by atoms with Gasteiger partial charge in [0.05, 0.1) is 0 Å². The smallest absolute Gasteiger partial charge is 0.332 e. The van der Waals surface area contributed by atoms with Crippen LogP contribution in [0, 0.1) is 23.0 Å². The van der Waals surface area contributed by atoms with Gasteiger partial charge >= 0.3 is 5.69 Å². The van der Waals surface area contributed by atoms with E-state index < -0.39 is 34.4 Å². The SMILES string of the molecule is Cn1c(NCCNC(=O)c2c(F)cccc2F)c(C#N)c(=O)n(C)c1=O. The molecule has 0 unspecified atom stereocenters. The summed E-state index contributed by atoms with van der Waals surface area (Å²) in [6.07, 6.45) is 0. The van der Waals surface area contributed by atoms with Gasteiger partial charge in [0.15, 0.2) is 5.56 Å². The Kier molecular flexibility index (Phi) is 5.51. The third-order valence-corrected chi connectivity index (χ3v) is 3.67. The minimum Gasteiger partial charge on any atom is -0.368 e. The van der Waals surface area contributed by atoms with E-state index in [2.05, 4.69) is 10.6 Å². The standard InChI is InChI=1S/C16H15F2N5O3/c1-22-13(9(8-19)15(25)23(2)16(22)26)20-6-7-21-14(24)12-10(17)4-3-5-11(12)18/h3-5,20H,6-7H2,1-2H3,(H,21,24). The molecular formula is C16H15F2N5O3. The Morgan fingerprint density at radius 3 is 2.35 bits per heavy atom. The fourth-order valence-corrected chi connectivity index (χ4v) is 2.31. The number of carbonyl (C=O) groups excluding carboxylic acids is 1. The van der Waals surface area contributed by atoms with Crippen LogP contribution in [0.5, 0.6) is 0 Å². The highest BCUT2D eigenvalue weighted by Crippen LogP contribution is 2.11. The first-order valence-electron chi connectivity index (χ1n) is 7.45. The molecule has 0 spiro atoms. The Labute approximate surface area is 146 Å². The first-order valence-corrected chi connectivity index (χ1v) is 7.45. The van der Waals surface area contributed by atoms with Crippen molar-refractivity contribution in [3.63, 3.8) is 0 Å². The van der Waals surface area contributed by atoms with Gasteiger partial charge in [0.1, 0.15) is 29.1 Å². The number of nitrogens with zero attached hydrogens (tertiary/aromatic N) is 3. The molecule has 136 valence electrons. The molecule has 2 rings (SSSR count). The molecule has 10 heteroatoms. The van der Waals surface area contributed by atoms with Crippen molar-refractivity contribution in [3.8, 4) is 6.07 Å². The average Bonchev–Trinajstić information content (AvgIpc) is 2.60. The van der Waals surface area contributed by atoms with Crippen LogP contribution in [0.3, 0.4) is 0 Å². The maximum absolute atomic E-state index is 13.5. The summed E-state index contributed by atoms with van der Waals surface area (Å²) < 4.78 is 28.9. The van der Waals surface area contributed by atoms with E-state index in [1.54, 1.807) is 6.07 Å². The number of hydrogen-bond donors (Lipinski definition) is 2. The second kappa shape index (κ2) is 7.60. The quantitative estimate of drug-likeness (QED) is 0.731. The second-order valence-electron chi connectivity index (χ2n) is 5.32. The highest BCUT2D eigenvalue weighted by molar-refractivity contribution is 5.94. The molecule has 0 radical (unpaired) electrons. The summed E-state index contributed by atoms with van der Waals surface area (Å²) >= 11 is 0. The zero-order chi connectivity index (χ0) is 19.4. The van der Waals surface area contributed by atoms with E-state index in [1.807, 2.05) is 0 Å². The van der Waals surface area contributed by atoms with E-state index in [1.165, 1.54) is 14.1 Å². The van der Waals surface area contributed by atoms with Crippen molar-refractivity contribution >= 4 is 11.7 Å². The molecule has 0 saturated heterocycles. The van der Waals surface area contributed by atoms with Crippen LogP contribution in [0.15, 0.2) is 27.8 Å². The van der Waals surface area contributed by atoms with Crippen LogP contribution in [0.2, 0.25) is 0 Å². The largest absolute Gasteiger partial charge is 0.368 e. The molecule has 8 nitrogen and oxygen atoms in total. The Hall–Kier alpha value is -3.48. The molecule has 1 heterocycles. The minimum absolute atomic E-state index is 0.00748. The third kappa shape index (κ3) is 3.46. The molecule has 0 bridgehead atoms. The maximum Gasteiger partial charge on any atom is 0.332 e. The van der Waals surface area contributed by atoms with Crippen molar-refractivity contribution in [1.29, 1.82) is 5.26 Å². The molecule has 1 aromatic carbocycles. The van der Waals surface area contributed by atoms with Gasteiger partial charge < -0.3 is 10.6 Å². The van der Waals surface area contributed by atoms with Gasteiger partial charge in [-0.25, -0.2) is 13.6 Å². The monoisotopic (exact) mass is 363 g/mol. The molecule has 26 heavy (non-hydrogen) atoms. The molecule has 0 aliphatic rings. The highest BCUT2D eigenvalue weighted by atomic mass is 19.1. The molecule has 0 aliphatic heterocycles. The van der Waals surface area contributed by atoms with Crippen molar-refractivity contribution in [1.82, 2.24) is 14.5 Å². The number of nitrogens with one attached hydrogen (secondary N) is 2. The zero-order valence-electron chi connectivity index (χ0n) is 14.0. The molecule has 0 saturated carbocycles. The topological polar surface area (TPSA) is 109 Å².